The number of carbonyl (C=O) groups excluding carboxylic acids is 4. The van der Waals surface area contributed by atoms with E-state index < -0.39 is 85.8 Å². The molecule has 3 rings (SSSR count). The third-order valence-electron chi connectivity index (χ3n) is 8.23. The number of amides is 3. The van der Waals surface area contributed by atoms with E-state index >= 15 is 0 Å². The van der Waals surface area contributed by atoms with Crippen molar-refractivity contribution in [3.05, 3.63) is 0 Å². The van der Waals surface area contributed by atoms with Crippen LogP contribution in [0.1, 0.15) is 72.1 Å². The fourth-order valence-corrected chi connectivity index (χ4v) is 5.31. The summed E-state index contributed by atoms with van der Waals surface area (Å²) in [6.07, 6.45) is -10.9. The number of unbranched alkanes of at least 4 members (excludes halogenated alkanes) is 3. The Balaban J connectivity index is 0.00000800. The summed E-state index contributed by atoms with van der Waals surface area (Å²) in [5.74, 6) is -2.03. The Labute approximate surface area is 279 Å². The lowest BCUT2D eigenvalue weighted by molar-refractivity contribution is -0.301. The monoisotopic (exact) mass is 696 g/mol. The van der Waals surface area contributed by atoms with E-state index in [-0.39, 0.29) is 71.7 Å². The molecule has 3 heterocycles. The summed E-state index contributed by atoms with van der Waals surface area (Å²) in [5.41, 5.74) is 0. The van der Waals surface area contributed by atoms with Gasteiger partial charge in [0.15, 0.2) is 12.6 Å². The first-order valence-electron chi connectivity index (χ1n) is 15.9. The van der Waals surface area contributed by atoms with Gasteiger partial charge in [-0.3, -0.25) is 14.4 Å². The zero-order valence-corrected chi connectivity index (χ0v) is 26.4. The standard InChI is InChI=1S/C29H48N2O16.CH4/c1-16-22(37)24(39)26(41)28(45-16)44-14-12-30(11-6-13-43-29-27(42)25(40)23(38)17(15-32)46-29)18(33)7-4-2-3-5-8-21(36)47-31-19(34)9-10-20(31)35;/h16-17,22-29,32,37-42H,2-15H2,1H3;1H4/t16-,17+,22+,23+,24+,25-,26-,27-,28+,29+;/m0./s1. The van der Waals surface area contributed by atoms with Gasteiger partial charge in [-0.25, -0.2) is 4.79 Å². The number of ether oxygens (including phenoxy) is 4. The van der Waals surface area contributed by atoms with Gasteiger partial charge >= 0.3 is 5.97 Å². The number of hydrogen-bond acceptors (Lipinski definition) is 16. The van der Waals surface area contributed by atoms with Gasteiger partial charge in [0.25, 0.3) is 11.8 Å². The van der Waals surface area contributed by atoms with Crippen LogP contribution in [0.5, 0.6) is 0 Å². The Morgan fingerprint density at radius 1 is 0.750 bits per heavy atom. The van der Waals surface area contributed by atoms with E-state index in [0.717, 1.165) is 0 Å². The smallest absolute Gasteiger partial charge is 0.333 e. The molecule has 0 spiro atoms. The predicted molar refractivity (Wildman–Crippen MR) is 161 cm³/mol. The van der Waals surface area contributed by atoms with Crippen molar-refractivity contribution in [2.75, 3.05) is 32.9 Å². The fraction of sp³-hybridized carbons (Fsp3) is 0.867. The second-order valence-corrected chi connectivity index (χ2v) is 11.8. The molecule has 0 saturated carbocycles. The van der Waals surface area contributed by atoms with Gasteiger partial charge in [-0.15, -0.1) is 5.06 Å². The SMILES string of the molecule is C.C[C@@H]1O[C@@H](OCCN(CCCO[C@@H]2O[C@H](CO)[C@@H](O)[C@H](O)[C@@H]2O)C(=O)CCCCCCC(=O)ON2C(=O)CCC2=O)[C@@H](O)[C@H](O)[C@@H]1O. The zero-order valence-electron chi connectivity index (χ0n) is 26.4. The van der Waals surface area contributed by atoms with Crippen LogP contribution in [0.3, 0.4) is 0 Å². The quantitative estimate of drug-likeness (QED) is 0.0575. The van der Waals surface area contributed by atoms with Gasteiger partial charge in [0.2, 0.25) is 5.91 Å². The summed E-state index contributed by atoms with van der Waals surface area (Å²) >= 11 is 0. The van der Waals surface area contributed by atoms with E-state index in [1.807, 2.05) is 0 Å². The van der Waals surface area contributed by atoms with Crippen LogP contribution < -0.4 is 0 Å². The molecule has 48 heavy (non-hydrogen) atoms. The third-order valence-corrected chi connectivity index (χ3v) is 8.23. The summed E-state index contributed by atoms with van der Waals surface area (Å²) in [7, 11) is 0. The van der Waals surface area contributed by atoms with Crippen LogP contribution in [0.4, 0.5) is 0 Å². The minimum Gasteiger partial charge on any atom is -0.394 e. The van der Waals surface area contributed by atoms with Gasteiger partial charge in [0, 0.05) is 38.8 Å². The number of rotatable bonds is 18. The molecule has 3 aliphatic heterocycles. The van der Waals surface area contributed by atoms with Crippen LogP contribution in [0.15, 0.2) is 0 Å². The van der Waals surface area contributed by atoms with Crippen molar-refractivity contribution in [3.63, 3.8) is 0 Å². The van der Waals surface area contributed by atoms with Crippen LogP contribution in [0.2, 0.25) is 0 Å². The zero-order chi connectivity index (χ0) is 34.7. The summed E-state index contributed by atoms with van der Waals surface area (Å²) < 4.78 is 21.9. The second-order valence-electron chi connectivity index (χ2n) is 11.8. The Hall–Kier alpha value is -2.36. The molecule has 3 saturated heterocycles. The van der Waals surface area contributed by atoms with E-state index in [0.29, 0.717) is 30.7 Å². The summed E-state index contributed by atoms with van der Waals surface area (Å²) in [6.45, 7) is 1.04. The molecule has 3 amide bonds. The largest absolute Gasteiger partial charge is 0.394 e. The fourth-order valence-electron chi connectivity index (χ4n) is 5.31. The summed E-state index contributed by atoms with van der Waals surface area (Å²) in [4.78, 5) is 54.5. The highest BCUT2D eigenvalue weighted by Gasteiger charge is 2.44. The van der Waals surface area contributed by atoms with Crippen LogP contribution >= 0.6 is 0 Å². The molecular weight excluding hydrogens is 644 g/mol. The number of aliphatic hydroxyl groups is 7. The minimum atomic E-state index is -1.59. The molecule has 278 valence electrons. The van der Waals surface area contributed by atoms with Gasteiger partial charge < -0.3 is 64.4 Å². The molecule has 10 atom stereocenters. The minimum absolute atomic E-state index is 0. The Morgan fingerprint density at radius 2 is 1.31 bits per heavy atom. The van der Waals surface area contributed by atoms with E-state index in [1.165, 1.54) is 11.8 Å². The van der Waals surface area contributed by atoms with E-state index in [9.17, 15) is 54.9 Å². The van der Waals surface area contributed by atoms with Gasteiger partial charge in [0.05, 0.1) is 25.9 Å². The van der Waals surface area contributed by atoms with Crippen LogP contribution in [0, 0.1) is 0 Å². The lowest BCUT2D eigenvalue weighted by Gasteiger charge is -2.39. The number of aliphatic hydroxyl groups excluding tert-OH is 7. The molecule has 3 fully saturated rings. The molecule has 0 aromatic carbocycles. The van der Waals surface area contributed by atoms with Crippen LogP contribution in [-0.4, -0.2) is 164 Å². The third kappa shape index (κ3) is 11.6. The van der Waals surface area contributed by atoms with E-state index in [1.54, 1.807) is 0 Å². The topological polar surface area (TPSA) is 263 Å². The number of nitrogens with zero attached hydrogens (tertiary/aromatic N) is 2. The molecule has 0 aromatic rings. The van der Waals surface area contributed by atoms with E-state index in [2.05, 4.69) is 0 Å². The molecule has 0 aromatic heterocycles. The highest BCUT2D eigenvalue weighted by molar-refractivity contribution is 6.01. The molecular formula is C30H52N2O16. The molecule has 18 heteroatoms. The normalized spacial score (nSPS) is 32.2. The maximum absolute atomic E-state index is 13.1. The number of carbonyl (C=O) groups is 4. The molecule has 0 radical (unpaired) electrons. The first-order chi connectivity index (χ1) is 22.3. The molecule has 18 nitrogen and oxygen atoms in total. The molecule has 0 aliphatic carbocycles. The lowest BCUT2D eigenvalue weighted by atomic mass is 9.99. The van der Waals surface area contributed by atoms with Crippen LogP contribution in [-0.2, 0) is 43.0 Å². The maximum atomic E-state index is 13.1. The van der Waals surface area contributed by atoms with Crippen molar-refractivity contribution >= 4 is 23.7 Å². The first-order valence-corrected chi connectivity index (χ1v) is 15.9. The summed E-state index contributed by atoms with van der Waals surface area (Å²) in [5, 5.41) is 70.0. The highest BCUT2D eigenvalue weighted by Crippen LogP contribution is 2.23. The van der Waals surface area contributed by atoms with Crippen molar-refractivity contribution in [2.24, 2.45) is 0 Å². The van der Waals surface area contributed by atoms with Crippen molar-refractivity contribution in [2.45, 2.75) is 134 Å². The van der Waals surface area contributed by atoms with Crippen molar-refractivity contribution in [1.82, 2.24) is 9.96 Å². The average molecular weight is 697 g/mol. The predicted octanol–water partition coefficient (Wildman–Crippen LogP) is -2.55. The Bertz CT molecular complexity index is 1020. The molecule has 0 unspecified atom stereocenters. The second kappa shape index (κ2) is 20.3. The van der Waals surface area contributed by atoms with Gasteiger partial charge in [-0.05, 0) is 26.2 Å². The van der Waals surface area contributed by atoms with Gasteiger partial charge in [-0.1, -0.05) is 20.3 Å². The van der Waals surface area contributed by atoms with Crippen molar-refractivity contribution in [1.29, 1.82) is 0 Å². The van der Waals surface area contributed by atoms with Crippen molar-refractivity contribution in [3.8, 4) is 0 Å². The number of imide groups is 1. The first kappa shape index (κ1) is 41.8. The van der Waals surface area contributed by atoms with Crippen LogP contribution in [0.25, 0.3) is 0 Å². The van der Waals surface area contributed by atoms with Gasteiger partial charge in [-0.2, -0.15) is 0 Å². The van der Waals surface area contributed by atoms with E-state index in [4.69, 9.17) is 23.8 Å². The van der Waals surface area contributed by atoms with Crippen molar-refractivity contribution < 1.29 is 78.7 Å². The molecule has 3 aliphatic rings. The lowest BCUT2D eigenvalue weighted by Crippen LogP contribution is -2.59. The average Bonchev–Trinajstić information content (AvgIpc) is 3.36. The highest BCUT2D eigenvalue weighted by atomic mass is 16.7. The number of hydrogen-bond donors (Lipinski definition) is 7. The molecule has 0 bridgehead atoms. The number of hydroxylamine groups is 2. The molecule has 7 N–H and O–H groups in total. The maximum Gasteiger partial charge on any atom is 0.333 e. The Kier molecular flexibility index (Phi) is 17.7. The van der Waals surface area contributed by atoms with Gasteiger partial charge in [0.1, 0.15) is 42.7 Å². The Morgan fingerprint density at radius 3 is 1.94 bits per heavy atom. The summed E-state index contributed by atoms with van der Waals surface area (Å²) in [6, 6.07) is 0.